The number of nitrogens with zero attached hydrogens (tertiary/aromatic N) is 7. The zero-order valence-electron chi connectivity index (χ0n) is 16.9. The lowest BCUT2D eigenvalue weighted by atomic mass is 9.85. The molecule has 0 spiro atoms. The molecular weight excluding hydrogens is 372 g/mol. The summed E-state index contributed by atoms with van der Waals surface area (Å²) in [5.74, 6) is 0.866. The van der Waals surface area contributed by atoms with E-state index in [2.05, 4.69) is 30.6 Å². The molecule has 1 aliphatic rings. The number of hydrogen-bond donors (Lipinski definition) is 1. The van der Waals surface area contributed by atoms with Crippen LogP contribution in [0.4, 0.5) is 11.6 Å². The topological polar surface area (TPSA) is 121 Å². The monoisotopic (exact) mass is 394 g/mol. The average molecular weight is 394 g/mol. The fourth-order valence-electron chi connectivity index (χ4n) is 2.92. The van der Waals surface area contributed by atoms with Crippen molar-refractivity contribution in [2.45, 2.75) is 26.2 Å². The van der Waals surface area contributed by atoms with Gasteiger partial charge in [0.05, 0.1) is 11.1 Å². The van der Waals surface area contributed by atoms with E-state index in [0.717, 1.165) is 28.8 Å². The molecule has 10 heteroatoms. The second-order valence-electron chi connectivity index (χ2n) is 7.30. The van der Waals surface area contributed by atoms with Crippen LogP contribution in [0, 0.1) is 6.92 Å². The van der Waals surface area contributed by atoms with Crippen LogP contribution in [0.2, 0.25) is 0 Å². The molecule has 0 fully saturated rings. The summed E-state index contributed by atoms with van der Waals surface area (Å²) in [6.45, 7) is 5.62. The Kier molecular flexibility index (Phi) is 5.35. The first-order valence-corrected chi connectivity index (χ1v) is 8.89. The number of amides is 2. The van der Waals surface area contributed by atoms with Gasteiger partial charge in [-0.1, -0.05) is 17.2 Å². The van der Waals surface area contributed by atoms with E-state index in [9.17, 15) is 9.59 Å². The van der Waals surface area contributed by atoms with Crippen LogP contribution >= 0.6 is 0 Å². The van der Waals surface area contributed by atoms with E-state index < -0.39 is 5.41 Å². The predicted molar refractivity (Wildman–Crippen MR) is 106 cm³/mol. The van der Waals surface area contributed by atoms with Gasteiger partial charge in [-0.05, 0) is 43.2 Å². The molecular formula is C19H22N8O2. The van der Waals surface area contributed by atoms with Gasteiger partial charge in [-0.25, -0.2) is 14.9 Å². The molecule has 1 N–H and O–H groups in total. The van der Waals surface area contributed by atoms with Crippen molar-refractivity contribution in [3.63, 3.8) is 0 Å². The second-order valence-corrected chi connectivity index (χ2v) is 7.30. The molecule has 0 saturated carbocycles. The first-order chi connectivity index (χ1) is 13.8. The normalized spacial score (nSPS) is 14.1. The summed E-state index contributed by atoms with van der Waals surface area (Å²) in [7, 11) is 3.38. The van der Waals surface area contributed by atoms with Gasteiger partial charge in [0.25, 0.3) is 5.95 Å². The minimum atomic E-state index is -0.654. The molecule has 3 heterocycles. The lowest BCUT2D eigenvalue weighted by Crippen LogP contribution is -2.33. The summed E-state index contributed by atoms with van der Waals surface area (Å²) in [5.41, 5.74) is 2.83. The Hall–Kier alpha value is -3.69. The number of carbonyl (C=O) groups is 2. The van der Waals surface area contributed by atoms with Gasteiger partial charge >= 0.3 is 0 Å². The van der Waals surface area contributed by atoms with Crippen molar-refractivity contribution in [3.05, 3.63) is 42.0 Å². The van der Waals surface area contributed by atoms with Gasteiger partial charge in [-0.2, -0.15) is 5.21 Å². The second kappa shape index (κ2) is 7.74. The highest BCUT2D eigenvalue weighted by Crippen LogP contribution is 2.45. The number of anilines is 2. The van der Waals surface area contributed by atoms with Crippen LogP contribution in [0.3, 0.4) is 0 Å². The van der Waals surface area contributed by atoms with Gasteiger partial charge in [0.15, 0.2) is 0 Å². The van der Waals surface area contributed by atoms with Gasteiger partial charge in [0, 0.05) is 32.1 Å². The zero-order chi connectivity index (χ0) is 21.2. The number of aromatic nitrogens is 6. The van der Waals surface area contributed by atoms with Crippen molar-refractivity contribution < 1.29 is 9.59 Å². The van der Waals surface area contributed by atoms with Crippen molar-refractivity contribution in [1.82, 2.24) is 35.5 Å². The molecule has 1 aliphatic heterocycles. The molecule has 0 saturated heterocycles. The number of fused-ring (bicyclic) bond motifs is 1. The van der Waals surface area contributed by atoms with E-state index >= 15 is 0 Å². The van der Waals surface area contributed by atoms with E-state index in [4.69, 9.17) is 0 Å². The molecule has 150 valence electrons. The van der Waals surface area contributed by atoms with Crippen LogP contribution in [-0.2, 0) is 15.0 Å². The van der Waals surface area contributed by atoms with E-state index in [1.54, 1.807) is 26.5 Å². The third-order valence-electron chi connectivity index (χ3n) is 4.51. The Morgan fingerprint density at radius 2 is 1.79 bits per heavy atom. The molecule has 1 aromatic carbocycles. The standard InChI is InChI=1S/C16H15N7O.C3H7NO/c1-9-17-7-11(8-18-9)10-4-5-12-13(6-10)23(14(24)16(12,2)3)15-19-21-22-20-15;1-4(2)3-5/h4-8H,1-3H3,(H,19,20,21,22);3H,1-2H3. The van der Waals surface area contributed by atoms with Gasteiger partial charge < -0.3 is 4.90 Å². The summed E-state index contributed by atoms with van der Waals surface area (Å²) < 4.78 is 0. The Labute approximate surface area is 168 Å². The lowest BCUT2D eigenvalue weighted by Gasteiger charge is -2.16. The van der Waals surface area contributed by atoms with Gasteiger partial charge in [-0.15, -0.1) is 5.10 Å². The van der Waals surface area contributed by atoms with Crippen LogP contribution in [0.15, 0.2) is 30.6 Å². The Morgan fingerprint density at radius 3 is 2.34 bits per heavy atom. The van der Waals surface area contributed by atoms with E-state index in [1.165, 1.54) is 9.80 Å². The summed E-state index contributed by atoms with van der Waals surface area (Å²) in [6, 6.07) is 5.87. The maximum Gasteiger partial charge on any atom is 0.277 e. The smallest absolute Gasteiger partial charge is 0.277 e. The average Bonchev–Trinajstić information content (AvgIpc) is 3.29. The summed E-state index contributed by atoms with van der Waals surface area (Å²) in [4.78, 5) is 33.7. The zero-order valence-corrected chi connectivity index (χ0v) is 16.9. The number of carbonyl (C=O) groups excluding carboxylic acids is 2. The largest absolute Gasteiger partial charge is 0.351 e. The first-order valence-electron chi connectivity index (χ1n) is 8.89. The highest BCUT2D eigenvalue weighted by atomic mass is 16.2. The molecule has 4 rings (SSSR count). The summed E-state index contributed by atoms with van der Waals surface area (Å²) >= 11 is 0. The number of hydrogen-bond acceptors (Lipinski definition) is 7. The van der Waals surface area contributed by atoms with Gasteiger partial charge in [0.1, 0.15) is 5.82 Å². The maximum absolute atomic E-state index is 12.9. The van der Waals surface area contributed by atoms with Crippen LogP contribution < -0.4 is 4.90 Å². The lowest BCUT2D eigenvalue weighted by molar-refractivity contribution is -0.121. The van der Waals surface area contributed by atoms with Crippen LogP contribution in [-0.4, -0.2) is 61.9 Å². The molecule has 10 nitrogen and oxygen atoms in total. The summed E-state index contributed by atoms with van der Waals surface area (Å²) in [5, 5.41) is 13.9. The van der Waals surface area contributed by atoms with Gasteiger partial charge in [0.2, 0.25) is 12.3 Å². The quantitative estimate of drug-likeness (QED) is 0.670. The number of rotatable bonds is 3. The van der Waals surface area contributed by atoms with Crippen molar-refractivity contribution in [2.24, 2.45) is 0 Å². The third-order valence-corrected chi connectivity index (χ3v) is 4.51. The Morgan fingerprint density at radius 1 is 1.14 bits per heavy atom. The fourth-order valence-corrected chi connectivity index (χ4v) is 2.92. The van der Waals surface area contributed by atoms with Crippen LogP contribution in [0.25, 0.3) is 11.1 Å². The number of H-pyrrole nitrogens is 1. The Bertz CT molecular complexity index is 1010. The number of tetrazole rings is 1. The minimum Gasteiger partial charge on any atom is -0.351 e. The van der Waals surface area contributed by atoms with Crippen LogP contribution in [0.1, 0.15) is 25.2 Å². The van der Waals surface area contributed by atoms with E-state index in [-0.39, 0.29) is 11.9 Å². The number of nitrogens with one attached hydrogen (secondary N) is 1. The first kappa shape index (κ1) is 20.1. The van der Waals surface area contributed by atoms with Crippen molar-refractivity contribution in [1.29, 1.82) is 0 Å². The van der Waals surface area contributed by atoms with Crippen molar-refractivity contribution in [2.75, 3.05) is 19.0 Å². The number of benzene rings is 1. The van der Waals surface area contributed by atoms with E-state index in [0.29, 0.717) is 5.82 Å². The van der Waals surface area contributed by atoms with Crippen molar-refractivity contribution in [3.8, 4) is 11.1 Å². The van der Waals surface area contributed by atoms with Gasteiger partial charge in [-0.3, -0.25) is 9.59 Å². The molecule has 0 bridgehead atoms. The predicted octanol–water partition coefficient (Wildman–Crippen LogP) is 1.63. The minimum absolute atomic E-state index is 0.0868. The molecule has 0 atom stereocenters. The van der Waals surface area contributed by atoms with Crippen molar-refractivity contribution >= 4 is 24.0 Å². The summed E-state index contributed by atoms with van der Waals surface area (Å²) in [6.07, 6.45) is 4.29. The third kappa shape index (κ3) is 3.82. The molecule has 2 amide bonds. The molecule has 0 unspecified atom stereocenters. The molecule has 2 aromatic heterocycles. The Balaban J connectivity index is 0.000000431. The molecule has 0 radical (unpaired) electrons. The molecule has 3 aromatic rings. The number of aryl methyl sites for hydroxylation is 1. The molecule has 0 aliphatic carbocycles. The highest BCUT2D eigenvalue weighted by Gasteiger charge is 2.46. The maximum atomic E-state index is 12.9. The molecule has 29 heavy (non-hydrogen) atoms. The van der Waals surface area contributed by atoms with Crippen LogP contribution in [0.5, 0.6) is 0 Å². The SMILES string of the molecule is CN(C)C=O.Cc1ncc(-c2ccc3c(c2)N(c2nn[nH]n2)C(=O)C3(C)C)cn1. The highest BCUT2D eigenvalue weighted by molar-refractivity contribution is 6.11. The van der Waals surface area contributed by atoms with E-state index in [1.807, 2.05) is 39.0 Å². The fraction of sp³-hybridized carbons (Fsp3) is 0.316. The number of aromatic amines is 1.